The summed E-state index contributed by atoms with van der Waals surface area (Å²) in [5, 5.41) is 9.78. The SMILES string of the molecule is c1ccc(N(c2ccc3c4ccccc4c4ccccc4c3c2)c2cc3c(cc2-c2ccc4c(c2)oc2ccccc24)-c2ccccc2C32c3ccccc3-c3ccccc32)cc1. The lowest BCUT2D eigenvalue weighted by molar-refractivity contribution is 0.669. The van der Waals surface area contributed by atoms with Gasteiger partial charge in [-0.3, -0.25) is 0 Å². The fourth-order valence-electron chi connectivity index (χ4n) is 11.5. The smallest absolute Gasteiger partial charge is 0.136 e. The van der Waals surface area contributed by atoms with Gasteiger partial charge < -0.3 is 9.32 Å². The molecule has 1 heterocycles. The summed E-state index contributed by atoms with van der Waals surface area (Å²) in [4.78, 5) is 2.49. The first-order valence-corrected chi connectivity index (χ1v) is 21.8. The van der Waals surface area contributed by atoms with Crippen molar-refractivity contribution in [3.63, 3.8) is 0 Å². The topological polar surface area (TPSA) is 16.4 Å². The predicted molar refractivity (Wildman–Crippen MR) is 263 cm³/mol. The lowest BCUT2D eigenvalue weighted by Gasteiger charge is -2.33. The maximum Gasteiger partial charge on any atom is 0.136 e. The number of nitrogens with zero attached hydrogens (tertiary/aromatic N) is 1. The third-order valence-electron chi connectivity index (χ3n) is 14.0. The van der Waals surface area contributed by atoms with E-state index >= 15 is 0 Å². The van der Waals surface area contributed by atoms with E-state index in [1.165, 1.54) is 76.8 Å². The van der Waals surface area contributed by atoms with Gasteiger partial charge >= 0.3 is 0 Å². The first-order chi connectivity index (χ1) is 31.3. The minimum atomic E-state index is -0.504. The summed E-state index contributed by atoms with van der Waals surface area (Å²) in [5.74, 6) is 0. The van der Waals surface area contributed by atoms with E-state index in [1.54, 1.807) is 0 Å². The van der Waals surface area contributed by atoms with E-state index in [4.69, 9.17) is 4.42 Å². The van der Waals surface area contributed by atoms with Gasteiger partial charge in [-0.15, -0.1) is 0 Å². The van der Waals surface area contributed by atoms with Gasteiger partial charge in [0.1, 0.15) is 11.2 Å². The van der Waals surface area contributed by atoms with E-state index in [0.29, 0.717) is 0 Å². The molecule has 0 amide bonds. The minimum Gasteiger partial charge on any atom is -0.456 e. The third-order valence-corrected chi connectivity index (χ3v) is 14.0. The Hall–Kier alpha value is -8.20. The van der Waals surface area contributed by atoms with Gasteiger partial charge in [0.05, 0.1) is 11.1 Å². The summed E-state index contributed by atoms with van der Waals surface area (Å²) in [5.41, 5.74) is 17.2. The molecule has 1 spiro atoms. The van der Waals surface area contributed by atoms with Crippen LogP contribution in [0.2, 0.25) is 0 Å². The second-order valence-electron chi connectivity index (χ2n) is 17.1. The van der Waals surface area contributed by atoms with E-state index < -0.39 is 5.41 Å². The number of furan rings is 1. The summed E-state index contributed by atoms with van der Waals surface area (Å²) in [7, 11) is 0. The van der Waals surface area contributed by atoms with Gasteiger partial charge in [0.15, 0.2) is 0 Å². The second-order valence-corrected chi connectivity index (χ2v) is 17.1. The molecule has 14 rings (SSSR count). The van der Waals surface area contributed by atoms with Crippen molar-refractivity contribution in [3.05, 3.63) is 247 Å². The zero-order valence-electron chi connectivity index (χ0n) is 34.2. The summed E-state index contributed by atoms with van der Waals surface area (Å²) in [6, 6.07) is 83.0. The Labute approximate surface area is 364 Å². The first kappa shape index (κ1) is 34.5. The molecule has 11 aromatic carbocycles. The molecule has 12 aromatic rings. The van der Waals surface area contributed by atoms with Gasteiger partial charge in [-0.05, 0) is 137 Å². The maximum absolute atomic E-state index is 6.60. The lowest BCUT2D eigenvalue weighted by atomic mass is 9.70. The first-order valence-electron chi connectivity index (χ1n) is 21.8. The number of rotatable bonds is 4. The van der Waals surface area contributed by atoms with Crippen LogP contribution in [0.15, 0.2) is 229 Å². The quantitative estimate of drug-likeness (QED) is 0.165. The van der Waals surface area contributed by atoms with Crippen molar-refractivity contribution in [1.82, 2.24) is 0 Å². The van der Waals surface area contributed by atoms with Crippen LogP contribution in [0.3, 0.4) is 0 Å². The van der Waals surface area contributed by atoms with Crippen LogP contribution in [0, 0.1) is 0 Å². The van der Waals surface area contributed by atoms with Crippen LogP contribution in [0.25, 0.3) is 87.6 Å². The molecule has 1 aromatic heterocycles. The molecule has 0 aliphatic heterocycles. The molecule has 0 saturated carbocycles. The van der Waals surface area contributed by atoms with E-state index in [-0.39, 0.29) is 0 Å². The van der Waals surface area contributed by atoms with E-state index in [1.807, 2.05) is 6.07 Å². The Kier molecular flexibility index (Phi) is 7.07. The van der Waals surface area contributed by atoms with Gasteiger partial charge in [-0.2, -0.15) is 0 Å². The number of hydrogen-bond acceptors (Lipinski definition) is 2. The Bertz CT molecular complexity index is 3790. The normalized spacial score (nSPS) is 13.2. The minimum absolute atomic E-state index is 0.504. The molecule has 0 radical (unpaired) electrons. The van der Waals surface area contributed by atoms with E-state index in [9.17, 15) is 0 Å². The molecule has 0 atom stereocenters. The van der Waals surface area contributed by atoms with Crippen LogP contribution in [0.4, 0.5) is 17.1 Å². The number of para-hydroxylation sites is 2. The molecule has 2 nitrogen and oxygen atoms in total. The molecule has 2 aliphatic carbocycles. The van der Waals surface area contributed by atoms with Crippen molar-refractivity contribution in [2.24, 2.45) is 0 Å². The van der Waals surface area contributed by atoms with Crippen molar-refractivity contribution in [2.45, 2.75) is 5.41 Å². The predicted octanol–water partition coefficient (Wildman–Crippen LogP) is 16.5. The van der Waals surface area contributed by atoms with E-state index in [0.717, 1.165) is 50.1 Å². The van der Waals surface area contributed by atoms with Crippen LogP contribution < -0.4 is 4.90 Å². The number of hydrogen-bond donors (Lipinski definition) is 0. The van der Waals surface area contributed by atoms with Crippen molar-refractivity contribution >= 4 is 71.3 Å². The van der Waals surface area contributed by atoms with Crippen molar-refractivity contribution < 1.29 is 4.42 Å². The summed E-state index contributed by atoms with van der Waals surface area (Å²) >= 11 is 0. The molecule has 0 N–H and O–H groups in total. The van der Waals surface area contributed by atoms with Gasteiger partial charge in [-0.1, -0.05) is 170 Å². The largest absolute Gasteiger partial charge is 0.456 e. The van der Waals surface area contributed by atoms with Crippen LogP contribution >= 0.6 is 0 Å². The number of fused-ring (bicyclic) bond motifs is 19. The molecule has 0 saturated heterocycles. The third kappa shape index (κ3) is 4.67. The molecule has 2 aliphatic rings. The Balaban J connectivity index is 1.12. The standard InChI is InChI=1S/C61H37NO/c1-2-16-39(17-3-1)62(40-31-33-45-43-20-5-4-18-41(43)42-19-6-7-21-44(42)52(45)35-40)58-37-57-53(36-51(58)38-30-32-50-49-25-11-15-29-59(49)63-60(50)34-38)48-24-10-14-28-56(48)61(57)54-26-12-8-22-46(54)47-23-9-13-27-55(47)61/h1-37H. The van der Waals surface area contributed by atoms with Crippen LogP contribution in [-0.2, 0) is 5.41 Å². The van der Waals surface area contributed by atoms with Crippen LogP contribution in [0.1, 0.15) is 22.3 Å². The fraction of sp³-hybridized carbons (Fsp3) is 0.0164. The lowest BCUT2D eigenvalue weighted by Crippen LogP contribution is -2.26. The molecule has 0 fully saturated rings. The van der Waals surface area contributed by atoms with Crippen molar-refractivity contribution in [1.29, 1.82) is 0 Å². The highest BCUT2D eigenvalue weighted by Crippen LogP contribution is 2.64. The van der Waals surface area contributed by atoms with Crippen molar-refractivity contribution in [3.8, 4) is 33.4 Å². The molecular formula is C61H37NO. The average Bonchev–Trinajstić information content (AvgIpc) is 3.98. The molecule has 63 heavy (non-hydrogen) atoms. The van der Waals surface area contributed by atoms with Gasteiger partial charge in [0.25, 0.3) is 0 Å². The van der Waals surface area contributed by atoms with Crippen LogP contribution in [-0.4, -0.2) is 0 Å². The van der Waals surface area contributed by atoms with Gasteiger partial charge in [-0.25, -0.2) is 0 Å². The highest BCUT2D eigenvalue weighted by atomic mass is 16.3. The number of anilines is 3. The number of benzene rings is 11. The molecule has 0 bridgehead atoms. The Morgan fingerprint density at radius 2 is 0.778 bits per heavy atom. The average molecular weight is 800 g/mol. The maximum atomic E-state index is 6.60. The van der Waals surface area contributed by atoms with Crippen molar-refractivity contribution in [2.75, 3.05) is 4.90 Å². The van der Waals surface area contributed by atoms with Crippen LogP contribution in [0.5, 0.6) is 0 Å². The molecular weight excluding hydrogens is 763 g/mol. The van der Waals surface area contributed by atoms with Gasteiger partial charge in [0.2, 0.25) is 0 Å². The Morgan fingerprint density at radius 1 is 0.286 bits per heavy atom. The van der Waals surface area contributed by atoms with Gasteiger partial charge in [0, 0.05) is 27.7 Å². The fourth-order valence-corrected chi connectivity index (χ4v) is 11.5. The molecule has 292 valence electrons. The zero-order valence-corrected chi connectivity index (χ0v) is 34.2. The molecule has 0 unspecified atom stereocenters. The monoisotopic (exact) mass is 799 g/mol. The van der Waals surface area contributed by atoms with E-state index in [2.05, 4.69) is 223 Å². The highest BCUT2D eigenvalue weighted by Gasteiger charge is 2.52. The summed E-state index contributed by atoms with van der Waals surface area (Å²) in [6.07, 6.45) is 0. The highest BCUT2D eigenvalue weighted by molar-refractivity contribution is 6.26. The summed E-state index contributed by atoms with van der Waals surface area (Å²) < 4.78 is 6.60. The molecule has 2 heteroatoms. The summed E-state index contributed by atoms with van der Waals surface area (Å²) in [6.45, 7) is 0. The second kappa shape index (κ2) is 12.9. The Morgan fingerprint density at radius 3 is 1.43 bits per heavy atom. The zero-order chi connectivity index (χ0) is 41.2.